The van der Waals surface area contributed by atoms with E-state index in [2.05, 4.69) is 4.72 Å². The van der Waals surface area contributed by atoms with Crippen molar-refractivity contribution in [1.29, 1.82) is 0 Å². The molecule has 0 radical (unpaired) electrons. The van der Waals surface area contributed by atoms with Crippen LogP contribution in [-0.2, 0) is 14.8 Å². The van der Waals surface area contributed by atoms with Crippen molar-refractivity contribution in [3.8, 4) is 5.75 Å². The predicted octanol–water partition coefficient (Wildman–Crippen LogP) is 3.56. The molecule has 0 unspecified atom stereocenters. The third-order valence-electron chi connectivity index (χ3n) is 3.34. The van der Waals surface area contributed by atoms with E-state index in [0.717, 1.165) is 6.08 Å². The van der Waals surface area contributed by atoms with E-state index in [1.165, 1.54) is 31.4 Å². The van der Waals surface area contributed by atoms with Gasteiger partial charge in [-0.3, -0.25) is 4.72 Å². The van der Waals surface area contributed by atoms with E-state index in [1.807, 2.05) is 0 Å². The van der Waals surface area contributed by atoms with Crippen LogP contribution in [0.15, 0.2) is 47.4 Å². The molecular weight excluding hydrogens is 366 g/mol. The number of methoxy groups -OCH3 is 1. The smallest absolute Gasteiger partial charge is 0.328 e. The molecule has 0 amide bonds. The fraction of sp³-hybridized carbons (Fsp3) is 0.118. The van der Waals surface area contributed by atoms with Gasteiger partial charge in [0.05, 0.1) is 12.8 Å². The van der Waals surface area contributed by atoms with Crippen LogP contribution in [0.5, 0.6) is 5.75 Å². The Hall–Kier alpha value is -2.51. The average Bonchev–Trinajstić information content (AvgIpc) is 2.55. The van der Waals surface area contributed by atoms with Crippen LogP contribution in [0.1, 0.15) is 11.1 Å². The van der Waals surface area contributed by atoms with Gasteiger partial charge in [0.1, 0.15) is 10.6 Å². The molecule has 2 N–H and O–H groups in total. The SMILES string of the molecule is COc1ccc(/C=C/C(=O)O)cc1S(=O)(=O)Nc1cc(Cl)ccc1C. The largest absolute Gasteiger partial charge is 0.495 e. The molecule has 0 aliphatic heterocycles. The van der Waals surface area contributed by atoms with E-state index >= 15 is 0 Å². The van der Waals surface area contributed by atoms with Crippen molar-refractivity contribution in [3.05, 3.63) is 58.6 Å². The third-order valence-corrected chi connectivity index (χ3v) is 4.96. The number of carboxylic acids is 1. The standard InChI is InChI=1S/C17H16ClNO5S/c1-11-3-6-13(18)10-14(11)19-25(22,23)16-9-12(5-8-17(20)21)4-7-15(16)24-2/h3-10,19H,1-2H3,(H,20,21)/b8-5+. The van der Waals surface area contributed by atoms with Gasteiger partial charge < -0.3 is 9.84 Å². The Morgan fingerprint density at radius 1 is 1.24 bits per heavy atom. The predicted molar refractivity (Wildman–Crippen MR) is 96.7 cm³/mol. The molecule has 132 valence electrons. The first kappa shape index (κ1) is 18.8. The van der Waals surface area contributed by atoms with Gasteiger partial charge in [-0.1, -0.05) is 23.7 Å². The van der Waals surface area contributed by atoms with Crippen molar-refractivity contribution >= 4 is 39.4 Å². The Labute approximate surface area is 150 Å². The average molecular weight is 382 g/mol. The number of nitrogens with one attached hydrogen (secondary N) is 1. The summed E-state index contributed by atoms with van der Waals surface area (Å²) >= 11 is 5.92. The highest BCUT2D eigenvalue weighted by atomic mass is 35.5. The maximum atomic E-state index is 12.8. The quantitative estimate of drug-likeness (QED) is 0.746. The monoisotopic (exact) mass is 381 g/mol. The highest BCUT2D eigenvalue weighted by molar-refractivity contribution is 7.92. The molecule has 2 rings (SSSR count). The third kappa shape index (κ3) is 4.74. The molecule has 0 heterocycles. The number of rotatable bonds is 6. The summed E-state index contributed by atoms with van der Waals surface area (Å²) in [7, 11) is -2.62. The minimum absolute atomic E-state index is 0.109. The molecule has 0 saturated carbocycles. The summed E-state index contributed by atoms with van der Waals surface area (Å²) in [5, 5.41) is 9.10. The van der Waals surface area contributed by atoms with Crippen molar-refractivity contribution in [2.24, 2.45) is 0 Å². The summed E-state index contributed by atoms with van der Waals surface area (Å²) in [6.45, 7) is 1.75. The summed E-state index contributed by atoms with van der Waals surface area (Å²) in [5.74, 6) is -0.993. The van der Waals surface area contributed by atoms with Crippen LogP contribution in [0.4, 0.5) is 5.69 Å². The summed E-state index contributed by atoms with van der Waals surface area (Å²) in [6, 6.07) is 9.22. The van der Waals surface area contributed by atoms with E-state index in [4.69, 9.17) is 21.4 Å². The Morgan fingerprint density at radius 3 is 2.60 bits per heavy atom. The Bertz CT molecular complexity index is 938. The number of hydrogen-bond acceptors (Lipinski definition) is 4. The van der Waals surface area contributed by atoms with Crippen LogP contribution in [0.25, 0.3) is 6.08 Å². The van der Waals surface area contributed by atoms with Crippen molar-refractivity contribution in [2.75, 3.05) is 11.8 Å². The van der Waals surface area contributed by atoms with Gasteiger partial charge in [0.2, 0.25) is 0 Å². The molecule has 0 aliphatic carbocycles. The van der Waals surface area contributed by atoms with E-state index in [0.29, 0.717) is 21.8 Å². The van der Waals surface area contributed by atoms with Gasteiger partial charge in [-0.05, 0) is 48.4 Å². The Balaban J connectivity index is 2.48. The second-order valence-electron chi connectivity index (χ2n) is 5.15. The van der Waals surface area contributed by atoms with Crippen LogP contribution >= 0.6 is 11.6 Å². The molecule has 0 bridgehead atoms. The summed E-state index contributed by atoms with van der Waals surface area (Å²) in [5.41, 5.74) is 1.46. The highest BCUT2D eigenvalue weighted by Crippen LogP contribution is 2.29. The molecule has 2 aromatic carbocycles. The van der Waals surface area contributed by atoms with E-state index in [-0.39, 0.29) is 10.6 Å². The lowest BCUT2D eigenvalue weighted by Crippen LogP contribution is -2.15. The second kappa shape index (κ2) is 7.58. The zero-order chi connectivity index (χ0) is 18.6. The van der Waals surface area contributed by atoms with E-state index in [1.54, 1.807) is 25.1 Å². The van der Waals surface area contributed by atoms with Gasteiger partial charge in [-0.15, -0.1) is 0 Å². The van der Waals surface area contributed by atoms with Crippen molar-refractivity contribution in [1.82, 2.24) is 0 Å². The van der Waals surface area contributed by atoms with Crippen LogP contribution < -0.4 is 9.46 Å². The zero-order valence-electron chi connectivity index (χ0n) is 13.5. The molecule has 0 saturated heterocycles. The van der Waals surface area contributed by atoms with Crippen molar-refractivity contribution in [3.63, 3.8) is 0 Å². The van der Waals surface area contributed by atoms with Crippen LogP contribution in [0, 0.1) is 6.92 Å². The number of halogens is 1. The Kier molecular flexibility index (Phi) is 5.71. The van der Waals surface area contributed by atoms with Crippen molar-refractivity contribution < 1.29 is 23.1 Å². The summed E-state index contributed by atoms with van der Waals surface area (Å²) in [4.78, 5) is 10.5. The molecule has 0 atom stereocenters. The van der Waals surface area contributed by atoms with Crippen LogP contribution in [0.3, 0.4) is 0 Å². The maximum Gasteiger partial charge on any atom is 0.328 e. The molecule has 0 aromatic heterocycles. The number of benzene rings is 2. The van der Waals surface area contributed by atoms with E-state index < -0.39 is 16.0 Å². The number of carbonyl (C=O) groups is 1. The lowest BCUT2D eigenvalue weighted by Gasteiger charge is -2.14. The first-order valence-electron chi connectivity index (χ1n) is 7.11. The van der Waals surface area contributed by atoms with Gasteiger partial charge in [0, 0.05) is 11.1 Å². The molecular formula is C17H16ClNO5S. The molecule has 25 heavy (non-hydrogen) atoms. The number of hydrogen-bond donors (Lipinski definition) is 2. The topological polar surface area (TPSA) is 92.7 Å². The number of aryl methyl sites for hydroxylation is 1. The fourth-order valence-corrected chi connectivity index (χ4v) is 3.58. The minimum atomic E-state index is -3.97. The first-order chi connectivity index (χ1) is 11.7. The molecule has 8 heteroatoms. The zero-order valence-corrected chi connectivity index (χ0v) is 15.1. The molecule has 0 fully saturated rings. The van der Waals surface area contributed by atoms with Gasteiger partial charge in [-0.25, -0.2) is 13.2 Å². The molecule has 2 aromatic rings. The summed E-state index contributed by atoms with van der Waals surface area (Å²) in [6.07, 6.45) is 2.22. The number of sulfonamides is 1. The van der Waals surface area contributed by atoms with Gasteiger partial charge >= 0.3 is 5.97 Å². The number of ether oxygens (including phenoxy) is 1. The van der Waals surface area contributed by atoms with Crippen molar-refractivity contribution in [2.45, 2.75) is 11.8 Å². The van der Waals surface area contributed by atoms with Gasteiger partial charge in [0.25, 0.3) is 10.0 Å². The molecule has 0 spiro atoms. The summed E-state index contributed by atoms with van der Waals surface area (Å²) < 4.78 is 33.1. The maximum absolute atomic E-state index is 12.8. The lowest BCUT2D eigenvalue weighted by atomic mass is 10.2. The molecule has 6 nitrogen and oxygen atoms in total. The lowest BCUT2D eigenvalue weighted by molar-refractivity contribution is -0.131. The molecule has 0 aliphatic rings. The minimum Gasteiger partial charge on any atom is -0.495 e. The number of carboxylic acid groups (broad SMARTS) is 1. The van der Waals surface area contributed by atoms with Crippen LogP contribution in [-0.4, -0.2) is 26.6 Å². The van der Waals surface area contributed by atoms with Gasteiger partial charge in [-0.2, -0.15) is 0 Å². The fourth-order valence-electron chi connectivity index (χ4n) is 2.08. The number of aliphatic carboxylic acids is 1. The van der Waals surface area contributed by atoms with E-state index in [9.17, 15) is 13.2 Å². The van der Waals surface area contributed by atoms with Gasteiger partial charge in [0.15, 0.2) is 0 Å². The Morgan fingerprint density at radius 2 is 1.96 bits per heavy atom. The normalized spacial score (nSPS) is 11.5. The highest BCUT2D eigenvalue weighted by Gasteiger charge is 2.21. The van der Waals surface area contributed by atoms with Crippen LogP contribution in [0.2, 0.25) is 5.02 Å². The first-order valence-corrected chi connectivity index (χ1v) is 8.97. The number of anilines is 1. The second-order valence-corrected chi connectivity index (χ2v) is 7.23.